The highest BCUT2D eigenvalue weighted by atomic mass is 32.2. The fourth-order valence-corrected chi connectivity index (χ4v) is 4.49. The Labute approximate surface area is 208 Å². The van der Waals surface area contributed by atoms with Gasteiger partial charge in [0.2, 0.25) is 0 Å². The van der Waals surface area contributed by atoms with Crippen molar-refractivity contribution in [3.63, 3.8) is 0 Å². The van der Waals surface area contributed by atoms with Gasteiger partial charge in [0.1, 0.15) is 17.8 Å². The lowest BCUT2D eigenvalue weighted by atomic mass is 10.0. The quantitative estimate of drug-likeness (QED) is 0.333. The predicted octanol–water partition coefficient (Wildman–Crippen LogP) is 5.17. The number of thioether (sulfide) groups is 1. The molecule has 0 aliphatic heterocycles. The molecule has 0 bridgehead atoms. The summed E-state index contributed by atoms with van der Waals surface area (Å²) in [6.45, 7) is 8.30. The molecule has 0 spiro atoms. The van der Waals surface area contributed by atoms with E-state index >= 15 is 0 Å². The molecule has 7 nitrogen and oxygen atoms in total. The molecule has 182 valence electrons. The molecule has 1 amide bonds. The smallest absolute Gasteiger partial charge is 0.268 e. The third-order valence-electron chi connectivity index (χ3n) is 5.84. The fourth-order valence-electron chi connectivity index (χ4n) is 4.08. The molecule has 35 heavy (non-hydrogen) atoms. The Hall–Kier alpha value is -3.52. The Balaban J connectivity index is 1.74. The van der Waals surface area contributed by atoms with Crippen LogP contribution in [0.2, 0.25) is 0 Å². The topological polar surface area (TPSA) is 88.5 Å². The summed E-state index contributed by atoms with van der Waals surface area (Å²) in [7, 11) is 0. The van der Waals surface area contributed by atoms with Gasteiger partial charge in [0.15, 0.2) is 0 Å². The van der Waals surface area contributed by atoms with Gasteiger partial charge in [0, 0.05) is 10.6 Å². The number of aryl methyl sites for hydroxylation is 1. The molecule has 1 aromatic carbocycles. The molecule has 0 fully saturated rings. The highest BCUT2D eigenvalue weighted by Gasteiger charge is 2.19. The van der Waals surface area contributed by atoms with Gasteiger partial charge < -0.3 is 15.0 Å². The monoisotopic (exact) mass is 490 g/mol. The minimum absolute atomic E-state index is 0.0453. The number of hydrogen-bond donors (Lipinski definition) is 2. The van der Waals surface area contributed by atoms with E-state index in [9.17, 15) is 9.59 Å². The first-order valence-corrected chi connectivity index (χ1v) is 12.8. The van der Waals surface area contributed by atoms with Crippen LogP contribution in [0.3, 0.4) is 0 Å². The zero-order valence-electron chi connectivity index (χ0n) is 20.6. The average Bonchev–Trinajstić information content (AvgIpc) is 3.27. The van der Waals surface area contributed by atoms with Gasteiger partial charge in [-0.25, -0.2) is 4.98 Å². The molecule has 0 saturated carbocycles. The summed E-state index contributed by atoms with van der Waals surface area (Å²) in [4.78, 5) is 34.5. The normalized spacial score (nSPS) is 11.3. The number of ether oxygens (including phenoxy) is 1. The summed E-state index contributed by atoms with van der Waals surface area (Å²) in [6.07, 6.45) is 3.73. The van der Waals surface area contributed by atoms with Crippen molar-refractivity contribution in [2.24, 2.45) is 0 Å². The number of fused-ring (bicyclic) bond motifs is 1. The van der Waals surface area contributed by atoms with Gasteiger partial charge in [-0.3, -0.25) is 14.0 Å². The van der Waals surface area contributed by atoms with E-state index in [4.69, 9.17) is 4.74 Å². The molecule has 3 heterocycles. The van der Waals surface area contributed by atoms with Crippen LogP contribution in [-0.4, -0.2) is 33.1 Å². The van der Waals surface area contributed by atoms with E-state index in [2.05, 4.69) is 59.5 Å². The predicted molar refractivity (Wildman–Crippen MR) is 141 cm³/mol. The van der Waals surface area contributed by atoms with Crippen LogP contribution in [0.1, 0.15) is 54.1 Å². The maximum atomic E-state index is 13.4. The first-order valence-electron chi connectivity index (χ1n) is 11.6. The summed E-state index contributed by atoms with van der Waals surface area (Å²) < 4.78 is 7.46. The fraction of sp³-hybridized carbons (Fsp3) is 0.296. The zero-order valence-corrected chi connectivity index (χ0v) is 21.5. The van der Waals surface area contributed by atoms with Crippen LogP contribution in [0.15, 0.2) is 58.5 Å². The summed E-state index contributed by atoms with van der Waals surface area (Å²) in [6, 6.07) is 14.0. The van der Waals surface area contributed by atoms with Gasteiger partial charge in [0.25, 0.3) is 11.5 Å². The summed E-state index contributed by atoms with van der Waals surface area (Å²) >= 11 is 1.69. The molecule has 0 aliphatic rings. The molecule has 0 saturated heterocycles. The van der Waals surface area contributed by atoms with E-state index in [1.807, 2.05) is 23.6 Å². The van der Waals surface area contributed by atoms with Crippen LogP contribution >= 0.6 is 11.8 Å². The molecule has 4 rings (SSSR count). The van der Waals surface area contributed by atoms with Crippen LogP contribution < -0.4 is 15.6 Å². The van der Waals surface area contributed by atoms with Crippen LogP contribution in [0.4, 0.5) is 0 Å². The number of pyridine rings is 2. The second-order valence-electron chi connectivity index (χ2n) is 8.64. The van der Waals surface area contributed by atoms with Crippen molar-refractivity contribution in [2.45, 2.75) is 45.1 Å². The van der Waals surface area contributed by atoms with E-state index in [-0.39, 0.29) is 23.9 Å². The average molecular weight is 491 g/mol. The lowest BCUT2D eigenvalue weighted by Crippen LogP contribution is -2.29. The molecular weight excluding hydrogens is 460 g/mol. The molecule has 0 aliphatic carbocycles. The molecule has 0 unspecified atom stereocenters. The number of nitrogens with one attached hydrogen (secondary N) is 2. The first-order chi connectivity index (χ1) is 16.8. The van der Waals surface area contributed by atoms with Crippen molar-refractivity contribution >= 4 is 23.2 Å². The van der Waals surface area contributed by atoms with Crippen molar-refractivity contribution in [1.82, 2.24) is 19.7 Å². The highest BCUT2D eigenvalue weighted by molar-refractivity contribution is 7.98. The number of carbonyl (C=O) groups excluding carboxylic acids is 1. The summed E-state index contributed by atoms with van der Waals surface area (Å²) in [5.41, 5.74) is 5.03. The van der Waals surface area contributed by atoms with Gasteiger partial charge in [-0.2, -0.15) is 0 Å². The van der Waals surface area contributed by atoms with Crippen molar-refractivity contribution < 1.29 is 9.53 Å². The minimum Gasteiger partial charge on any atom is -0.493 e. The highest BCUT2D eigenvalue weighted by Crippen LogP contribution is 2.29. The van der Waals surface area contributed by atoms with Crippen molar-refractivity contribution in [3.8, 4) is 16.9 Å². The van der Waals surface area contributed by atoms with Crippen LogP contribution in [0.25, 0.3) is 16.6 Å². The second kappa shape index (κ2) is 10.4. The van der Waals surface area contributed by atoms with Crippen LogP contribution in [0.5, 0.6) is 5.75 Å². The Morgan fingerprint density at radius 3 is 2.57 bits per heavy atom. The number of hydrogen-bond acceptors (Lipinski definition) is 5. The number of amides is 1. The zero-order chi connectivity index (χ0) is 25.1. The number of rotatable bonds is 8. The number of aromatic nitrogens is 3. The standard InChI is InChI=1S/C27H30N4O3S/c1-6-34-24-11-17(4)30-26(32)21(24)14-28-27(33)23-13-19(18-7-9-20(35-5)10-8-18)12-22-25(16(2)3)29-15-31(22)23/h7-13,15-16H,6,14H2,1-5H3,(H,28,33)(H,30,32). The maximum Gasteiger partial charge on any atom is 0.268 e. The Morgan fingerprint density at radius 2 is 1.91 bits per heavy atom. The van der Waals surface area contributed by atoms with E-state index in [1.165, 1.54) is 4.90 Å². The van der Waals surface area contributed by atoms with Crippen molar-refractivity contribution in [3.05, 3.63) is 81.8 Å². The van der Waals surface area contributed by atoms with Gasteiger partial charge in [-0.05, 0) is 67.5 Å². The van der Waals surface area contributed by atoms with E-state index in [0.29, 0.717) is 29.3 Å². The first kappa shape index (κ1) is 24.6. The SMILES string of the molecule is CCOc1cc(C)[nH]c(=O)c1CNC(=O)c1cc(-c2ccc(SC)cc2)cc2c(C(C)C)ncn12. The Morgan fingerprint density at radius 1 is 1.17 bits per heavy atom. The Kier molecular flexibility index (Phi) is 7.31. The summed E-state index contributed by atoms with van der Waals surface area (Å²) in [5, 5.41) is 2.91. The third kappa shape index (κ3) is 5.12. The number of H-pyrrole nitrogens is 1. The number of benzene rings is 1. The molecular formula is C27H30N4O3S. The molecule has 3 aromatic heterocycles. The van der Waals surface area contributed by atoms with E-state index < -0.39 is 0 Å². The van der Waals surface area contributed by atoms with Crippen molar-refractivity contribution in [1.29, 1.82) is 0 Å². The molecule has 4 aromatic rings. The number of imidazole rings is 1. The van der Waals surface area contributed by atoms with Gasteiger partial charge in [-0.1, -0.05) is 26.0 Å². The van der Waals surface area contributed by atoms with Crippen LogP contribution in [-0.2, 0) is 6.54 Å². The molecule has 0 atom stereocenters. The third-order valence-corrected chi connectivity index (χ3v) is 6.58. The number of aromatic amines is 1. The van der Waals surface area contributed by atoms with Gasteiger partial charge >= 0.3 is 0 Å². The van der Waals surface area contributed by atoms with Crippen LogP contribution in [0, 0.1) is 6.92 Å². The van der Waals surface area contributed by atoms with Gasteiger partial charge in [-0.15, -0.1) is 11.8 Å². The largest absolute Gasteiger partial charge is 0.493 e. The second-order valence-corrected chi connectivity index (χ2v) is 9.52. The molecule has 2 N–H and O–H groups in total. The minimum atomic E-state index is -0.298. The number of nitrogens with zero attached hydrogens (tertiary/aromatic N) is 2. The lowest BCUT2D eigenvalue weighted by Gasteiger charge is -2.14. The van der Waals surface area contributed by atoms with Gasteiger partial charge in [0.05, 0.1) is 29.9 Å². The molecule has 0 radical (unpaired) electrons. The van der Waals surface area contributed by atoms with Crippen molar-refractivity contribution in [2.75, 3.05) is 12.9 Å². The number of carbonyl (C=O) groups is 1. The molecule has 8 heteroatoms. The lowest BCUT2D eigenvalue weighted by molar-refractivity contribution is 0.0944. The maximum absolute atomic E-state index is 13.4. The summed E-state index contributed by atoms with van der Waals surface area (Å²) in [5.74, 6) is 0.379. The Bertz CT molecular complexity index is 1420. The van der Waals surface area contributed by atoms with E-state index in [0.717, 1.165) is 22.3 Å². The van der Waals surface area contributed by atoms with E-state index in [1.54, 1.807) is 31.1 Å².